The molecule has 0 aliphatic heterocycles. The molecule has 0 saturated heterocycles. The van der Waals surface area contributed by atoms with Gasteiger partial charge in [-0.1, -0.05) is 41.1 Å². The van der Waals surface area contributed by atoms with E-state index in [1.54, 1.807) is 0 Å². The highest BCUT2D eigenvalue weighted by Gasteiger charge is 2.41. The molecule has 116 valence electrons. The summed E-state index contributed by atoms with van der Waals surface area (Å²) in [4.78, 5) is 13.9. The molecule has 3 nitrogen and oxygen atoms in total. The number of nitrogens with zero attached hydrogens (tertiary/aromatic N) is 1. The van der Waals surface area contributed by atoms with E-state index in [9.17, 15) is 9.90 Å². The highest BCUT2D eigenvalue weighted by atomic mass is 79.9. The summed E-state index contributed by atoms with van der Waals surface area (Å²) in [5.41, 5.74) is 0.632. The van der Waals surface area contributed by atoms with Crippen LogP contribution in [0.3, 0.4) is 0 Å². The number of carbonyl (C=O) groups is 1. The van der Waals surface area contributed by atoms with Crippen LogP contribution in [0.15, 0.2) is 28.7 Å². The van der Waals surface area contributed by atoms with Crippen LogP contribution in [0.4, 0.5) is 0 Å². The SMILES string of the molecule is CC1CCC(CN(C)Cc2ccccc2Br)(C(=O)O)CC1. The molecule has 0 bridgehead atoms. The average molecular weight is 354 g/mol. The van der Waals surface area contributed by atoms with Crippen molar-refractivity contribution in [2.45, 2.75) is 39.2 Å². The third kappa shape index (κ3) is 4.07. The second kappa shape index (κ2) is 6.93. The summed E-state index contributed by atoms with van der Waals surface area (Å²) in [6.07, 6.45) is 3.64. The zero-order valence-electron chi connectivity index (χ0n) is 12.8. The Morgan fingerprint density at radius 2 is 2.00 bits per heavy atom. The molecule has 0 spiro atoms. The van der Waals surface area contributed by atoms with Gasteiger partial charge in [-0.25, -0.2) is 0 Å². The van der Waals surface area contributed by atoms with E-state index in [1.807, 2.05) is 25.2 Å². The van der Waals surface area contributed by atoms with Crippen molar-refractivity contribution in [3.05, 3.63) is 34.3 Å². The number of carboxylic acids is 1. The first-order chi connectivity index (χ1) is 9.93. The van der Waals surface area contributed by atoms with Crippen LogP contribution in [-0.4, -0.2) is 29.6 Å². The van der Waals surface area contributed by atoms with Gasteiger partial charge in [0.2, 0.25) is 0 Å². The van der Waals surface area contributed by atoms with E-state index in [4.69, 9.17) is 0 Å². The van der Waals surface area contributed by atoms with Gasteiger partial charge in [0.15, 0.2) is 0 Å². The van der Waals surface area contributed by atoms with E-state index in [-0.39, 0.29) is 0 Å². The van der Waals surface area contributed by atoms with Crippen molar-refractivity contribution in [1.82, 2.24) is 4.90 Å². The molecule has 4 heteroatoms. The summed E-state index contributed by atoms with van der Waals surface area (Å²) in [6.45, 7) is 3.61. The molecule has 1 saturated carbocycles. The van der Waals surface area contributed by atoms with Crippen molar-refractivity contribution in [1.29, 1.82) is 0 Å². The first-order valence-electron chi connectivity index (χ1n) is 7.58. The Hall–Kier alpha value is -0.870. The van der Waals surface area contributed by atoms with Gasteiger partial charge in [0.25, 0.3) is 0 Å². The van der Waals surface area contributed by atoms with Crippen molar-refractivity contribution in [2.75, 3.05) is 13.6 Å². The maximum atomic E-state index is 11.8. The van der Waals surface area contributed by atoms with Crippen molar-refractivity contribution >= 4 is 21.9 Å². The summed E-state index contributed by atoms with van der Waals surface area (Å²) >= 11 is 3.56. The van der Waals surface area contributed by atoms with Gasteiger partial charge in [-0.05, 0) is 50.3 Å². The first-order valence-corrected chi connectivity index (χ1v) is 8.37. The fourth-order valence-electron chi connectivity index (χ4n) is 3.24. The second-order valence-electron chi connectivity index (χ2n) is 6.53. The Kier molecular flexibility index (Phi) is 5.44. The molecule has 2 rings (SSSR count). The van der Waals surface area contributed by atoms with E-state index in [0.29, 0.717) is 12.5 Å². The minimum atomic E-state index is -0.631. The van der Waals surface area contributed by atoms with Crippen molar-refractivity contribution in [3.63, 3.8) is 0 Å². The number of aliphatic carboxylic acids is 1. The van der Waals surface area contributed by atoms with Crippen LogP contribution in [0.25, 0.3) is 0 Å². The summed E-state index contributed by atoms with van der Waals surface area (Å²) < 4.78 is 1.08. The van der Waals surface area contributed by atoms with Crippen LogP contribution in [0, 0.1) is 11.3 Å². The zero-order valence-corrected chi connectivity index (χ0v) is 14.4. The molecule has 0 unspecified atom stereocenters. The predicted molar refractivity (Wildman–Crippen MR) is 88.2 cm³/mol. The molecule has 0 radical (unpaired) electrons. The Morgan fingerprint density at radius 1 is 1.38 bits per heavy atom. The van der Waals surface area contributed by atoms with Crippen LogP contribution in [0.2, 0.25) is 0 Å². The van der Waals surface area contributed by atoms with Crippen LogP contribution in [0.5, 0.6) is 0 Å². The molecule has 0 heterocycles. The molecule has 1 aliphatic rings. The minimum absolute atomic E-state index is 0.567. The number of halogens is 1. The summed E-state index contributed by atoms with van der Waals surface area (Å²) in [7, 11) is 2.02. The standard InChI is InChI=1S/C17H24BrNO2/c1-13-7-9-17(10-8-13,16(20)21)12-19(2)11-14-5-3-4-6-15(14)18/h3-6,13H,7-12H2,1-2H3,(H,20,21). The van der Waals surface area contributed by atoms with Gasteiger partial charge in [0.1, 0.15) is 0 Å². The van der Waals surface area contributed by atoms with Crippen molar-refractivity contribution in [2.24, 2.45) is 11.3 Å². The van der Waals surface area contributed by atoms with Gasteiger partial charge < -0.3 is 10.0 Å². The molecular weight excluding hydrogens is 330 g/mol. The van der Waals surface area contributed by atoms with Gasteiger partial charge in [0, 0.05) is 17.6 Å². The molecular formula is C17H24BrNO2. The highest BCUT2D eigenvalue weighted by molar-refractivity contribution is 9.10. The second-order valence-corrected chi connectivity index (χ2v) is 7.39. The fourth-order valence-corrected chi connectivity index (χ4v) is 3.65. The summed E-state index contributed by atoms with van der Waals surface area (Å²) in [6, 6.07) is 8.12. The average Bonchev–Trinajstić information content (AvgIpc) is 2.44. The van der Waals surface area contributed by atoms with Crippen LogP contribution in [0.1, 0.15) is 38.2 Å². The lowest BCUT2D eigenvalue weighted by atomic mass is 9.70. The lowest BCUT2D eigenvalue weighted by Gasteiger charge is -2.38. The topological polar surface area (TPSA) is 40.5 Å². The normalized spacial score (nSPS) is 26.0. The zero-order chi connectivity index (χ0) is 15.5. The lowest BCUT2D eigenvalue weighted by molar-refractivity contribution is -0.153. The molecule has 0 atom stereocenters. The fraction of sp³-hybridized carbons (Fsp3) is 0.588. The van der Waals surface area contributed by atoms with Crippen molar-refractivity contribution in [3.8, 4) is 0 Å². The van der Waals surface area contributed by atoms with Gasteiger partial charge in [-0.15, -0.1) is 0 Å². The molecule has 0 aromatic heterocycles. The van der Waals surface area contributed by atoms with E-state index >= 15 is 0 Å². The minimum Gasteiger partial charge on any atom is -0.481 e. The Balaban J connectivity index is 2.04. The Morgan fingerprint density at radius 3 is 2.57 bits per heavy atom. The number of benzene rings is 1. The third-order valence-corrected chi connectivity index (χ3v) is 5.43. The number of rotatable bonds is 5. The molecule has 1 aliphatic carbocycles. The van der Waals surface area contributed by atoms with E-state index < -0.39 is 11.4 Å². The Bertz CT molecular complexity index is 495. The van der Waals surface area contributed by atoms with Crippen LogP contribution >= 0.6 is 15.9 Å². The highest BCUT2D eigenvalue weighted by Crippen LogP contribution is 2.40. The van der Waals surface area contributed by atoms with Crippen molar-refractivity contribution < 1.29 is 9.90 Å². The number of hydrogen-bond acceptors (Lipinski definition) is 2. The van der Waals surface area contributed by atoms with E-state index in [2.05, 4.69) is 33.8 Å². The maximum absolute atomic E-state index is 11.8. The monoisotopic (exact) mass is 353 g/mol. The van der Waals surface area contributed by atoms with Crippen LogP contribution < -0.4 is 0 Å². The molecule has 0 amide bonds. The summed E-state index contributed by atoms with van der Waals surface area (Å²) in [5.74, 6) is 0.0272. The molecule has 1 aromatic rings. The van der Waals surface area contributed by atoms with Gasteiger partial charge in [-0.2, -0.15) is 0 Å². The van der Waals surface area contributed by atoms with Gasteiger partial charge in [-0.3, -0.25) is 4.79 Å². The first kappa shape index (κ1) is 16.5. The summed E-state index contributed by atoms with van der Waals surface area (Å²) in [5, 5.41) is 9.71. The number of hydrogen-bond donors (Lipinski definition) is 1. The lowest BCUT2D eigenvalue weighted by Crippen LogP contribution is -2.44. The quantitative estimate of drug-likeness (QED) is 0.863. The van der Waals surface area contributed by atoms with Gasteiger partial charge in [0.05, 0.1) is 5.41 Å². The van der Waals surface area contributed by atoms with Crippen LogP contribution in [-0.2, 0) is 11.3 Å². The maximum Gasteiger partial charge on any atom is 0.310 e. The van der Waals surface area contributed by atoms with E-state index in [1.165, 1.54) is 5.56 Å². The Labute approximate surface area is 135 Å². The largest absolute Gasteiger partial charge is 0.481 e. The predicted octanol–water partition coefficient (Wildman–Crippen LogP) is 4.16. The van der Waals surface area contributed by atoms with Gasteiger partial charge >= 0.3 is 5.97 Å². The smallest absolute Gasteiger partial charge is 0.310 e. The molecule has 1 fully saturated rings. The van der Waals surface area contributed by atoms with E-state index in [0.717, 1.165) is 36.7 Å². The third-order valence-electron chi connectivity index (χ3n) is 4.66. The molecule has 1 aromatic carbocycles. The molecule has 21 heavy (non-hydrogen) atoms. The number of carboxylic acid groups (broad SMARTS) is 1. The molecule has 1 N–H and O–H groups in total.